The van der Waals surface area contributed by atoms with E-state index in [1.807, 2.05) is 55.5 Å². The molecule has 0 bridgehead atoms. The third-order valence-electron chi connectivity index (χ3n) is 3.32. The van der Waals surface area contributed by atoms with E-state index in [1.165, 1.54) is 0 Å². The fourth-order valence-electron chi connectivity index (χ4n) is 2.04. The number of amides is 1. The normalized spacial score (nSPS) is 11.4. The molecule has 0 saturated carbocycles. The van der Waals surface area contributed by atoms with Gasteiger partial charge in [-0.15, -0.1) is 0 Å². The highest BCUT2D eigenvalue weighted by molar-refractivity contribution is 5.84. The van der Waals surface area contributed by atoms with E-state index in [-0.39, 0.29) is 19.1 Å². The number of carbonyl (C=O) groups is 2. The van der Waals surface area contributed by atoms with Crippen molar-refractivity contribution in [1.29, 1.82) is 0 Å². The Hall–Kier alpha value is -2.82. The van der Waals surface area contributed by atoms with Gasteiger partial charge in [-0.3, -0.25) is 9.59 Å². The monoisotopic (exact) mass is 327 g/mol. The first kappa shape index (κ1) is 17.5. The Bertz CT molecular complexity index is 685. The van der Waals surface area contributed by atoms with Crippen LogP contribution in [0.3, 0.4) is 0 Å². The molecule has 0 aliphatic carbocycles. The minimum Gasteiger partial charge on any atom is -0.481 e. The third kappa shape index (κ3) is 5.76. The van der Waals surface area contributed by atoms with Crippen LogP contribution in [0.1, 0.15) is 18.1 Å². The van der Waals surface area contributed by atoms with E-state index in [9.17, 15) is 9.59 Å². The highest BCUT2D eigenvalue weighted by Gasteiger charge is 2.16. The van der Waals surface area contributed by atoms with Gasteiger partial charge in [-0.25, -0.2) is 0 Å². The summed E-state index contributed by atoms with van der Waals surface area (Å²) in [5.41, 5.74) is 1.94. The first-order chi connectivity index (χ1) is 11.5. The molecule has 0 aliphatic rings. The van der Waals surface area contributed by atoms with Crippen LogP contribution in [0.15, 0.2) is 54.6 Å². The Morgan fingerprint density at radius 1 is 1.08 bits per heavy atom. The number of nitrogens with one attached hydrogen (secondary N) is 1. The lowest BCUT2D eigenvalue weighted by atomic mass is 10.2. The minimum atomic E-state index is -0.700. The second-order valence-electron chi connectivity index (χ2n) is 5.44. The van der Waals surface area contributed by atoms with Crippen molar-refractivity contribution in [2.24, 2.45) is 0 Å². The number of rotatable bonds is 7. The lowest BCUT2D eigenvalue weighted by Gasteiger charge is -2.14. The van der Waals surface area contributed by atoms with Crippen LogP contribution in [0.2, 0.25) is 0 Å². The van der Waals surface area contributed by atoms with Gasteiger partial charge in [0.2, 0.25) is 0 Å². The lowest BCUT2D eigenvalue weighted by Crippen LogP contribution is -2.39. The molecule has 2 aromatic carbocycles. The summed E-state index contributed by atoms with van der Waals surface area (Å²) in [6.07, 6.45) is -0.700. The van der Waals surface area contributed by atoms with Crippen molar-refractivity contribution in [3.63, 3.8) is 0 Å². The molecule has 5 nitrogen and oxygen atoms in total. The summed E-state index contributed by atoms with van der Waals surface area (Å²) in [7, 11) is 0. The molecule has 1 amide bonds. The van der Waals surface area contributed by atoms with Gasteiger partial charge in [-0.05, 0) is 37.1 Å². The highest BCUT2D eigenvalue weighted by atomic mass is 16.5. The van der Waals surface area contributed by atoms with Gasteiger partial charge < -0.3 is 14.8 Å². The van der Waals surface area contributed by atoms with E-state index in [0.717, 1.165) is 11.1 Å². The number of hydrogen-bond acceptors (Lipinski definition) is 4. The van der Waals surface area contributed by atoms with Crippen LogP contribution in [0, 0.1) is 6.92 Å². The van der Waals surface area contributed by atoms with Crippen molar-refractivity contribution in [3.8, 4) is 5.75 Å². The Labute approximate surface area is 141 Å². The molecule has 24 heavy (non-hydrogen) atoms. The van der Waals surface area contributed by atoms with Gasteiger partial charge in [0.15, 0.2) is 6.10 Å². The second kappa shape index (κ2) is 8.72. The fourth-order valence-corrected chi connectivity index (χ4v) is 2.04. The molecule has 0 fully saturated rings. The SMILES string of the molecule is Cc1cccc(OC(C)C(=O)NCC(=O)OCc2ccccc2)c1. The predicted octanol–water partition coefficient (Wildman–Crippen LogP) is 2.62. The molecule has 1 N–H and O–H groups in total. The Balaban J connectivity index is 1.72. The Kier molecular flexibility index (Phi) is 6.37. The highest BCUT2D eigenvalue weighted by Crippen LogP contribution is 2.14. The Morgan fingerprint density at radius 2 is 1.83 bits per heavy atom. The fraction of sp³-hybridized carbons (Fsp3) is 0.263. The quantitative estimate of drug-likeness (QED) is 0.794. The van der Waals surface area contributed by atoms with Gasteiger partial charge in [-0.1, -0.05) is 42.5 Å². The molecule has 0 spiro atoms. The zero-order valence-corrected chi connectivity index (χ0v) is 13.8. The number of aryl methyl sites for hydroxylation is 1. The summed E-state index contributed by atoms with van der Waals surface area (Å²) >= 11 is 0. The predicted molar refractivity (Wildman–Crippen MR) is 90.5 cm³/mol. The first-order valence-corrected chi connectivity index (χ1v) is 7.75. The smallest absolute Gasteiger partial charge is 0.325 e. The van der Waals surface area contributed by atoms with Crippen LogP contribution >= 0.6 is 0 Å². The van der Waals surface area contributed by atoms with Gasteiger partial charge in [0.05, 0.1) is 0 Å². The molecule has 0 radical (unpaired) electrons. The third-order valence-corrected chi connectivity index (χ3v) is 3.32. The van der Waals surface area contributed by atoms with Crippen molar-refractivity contribution in [3.05, 3.63) is 65.7 Å². The average molecular weight is 327 g/mol. The number of ether oxygens (including phenoxy) is 2. The summed E-state index contributed by atoms with van der Waals surface area (Å²) in [5, 5.41) is 2.51. The van der Waals surface area contributed by atoms with Crippen LogP contribution in [0.25, 0.3) is 0 Å². The van der Waals surface area contributed by atoms with Gasteiger partial charge in [0.1, 0.15) is 18.9 Å². The number of benzene rings is 2. The largest absolute Gasteiger partial charge is 0.481 e. The standard InChI is InChI=1S/C19H21NO4/c1-14-7-6-10-17(11-14)24-15(2)19(22)20-12-18(21)23-13-16-8-4-3-5-9-16/h3-11,15H,12-13H2,1-2H3,(H,20,22). The van der Waals surface area contributed by atoms with Gasteiger partial charge in [0.25, 0.3) is 5.91 Å². The molecule has 1 unspecified atom stereocenters. The summed E-state index contributed by atoms with van der Waals surface area (Å²) < 4.78 is 10.7. The second-order valence-corrected chi connectivity index (χ2v) is 5.44. The maximum absolute atomic E-state index is 12.0. The van der Waals surface area contributed by atoms with E-state index in [1.54, 1.807) is 13.0 Å². The number of hydrogen-bond donors (Lipinski definition) is 1. The zero-order valence-electron chi connectivity index (χ0n) is 13.8. The van der Waals surface area contributed by atoms with Crippen molar-refractivity contribution in [1.82, 2.24) is 5.32 Å². The van der Waals surface area contributed by atoms with Crippen molar-refractivity contribution < 1.29 is 19.1 Å². The Morgan fingerprint density at radius 3 is 2.54 bits per heavy atom. The van der Waals surface area contributed by atoms with E-state index in [4.69, 9.17) is 9.47 Å². The summed E-state index contributed by atoms with van der Waals surface area (Å²) in [6.45, 7) is 3.57. The number of esters is 1. The van der Waals surface area contributed by atoms with Crippen LogP contribution in [0.5, 0.6) is 5.75 Å². The van der Waals surface area contributed by atoms with E-state index < -0.39 is 12.1 Å². The molecule has 2 aromatic rings. The van der Waals surface area contributed by atoms with Crippen molar-refractivity contribution >= 4 is 11.9 Å². The molecule has 0 aliphatic heterocycles. The van der Waals surface area contributed by atoms with Crippen LogP contribution in [-0.4, -0.2) is 24.5 Å². The topological polar surface area (TPSA) is 64.6 Å². The van der Waals surface area contributed by atoms with Crippen molar-refractivity contribution in [2.75, 3.05) is 6.54 Å². The molecule has 0 heterocycles. The molecular weight excluding hydrogens is 306 g/mol. The molecule has 5 heteroatoms. The van der Waals surface area contributed by atoms with Crippen molar-refractivity contribution in [2.45, 2.75) is 26.6 Å². The van der Waals surface area contributed by atoms with Crippen LogP contribution < -0.4 is 10.1 Å². The zero-order chi connectivity index (χ0) is 17.4. The molecule has 126 valence electrons. The van der Waals surface area contributed by atoms with Crippen LogP contribution in [0.4, 0.5) is 0 Å². The van der Waals surface area contributed by atoms with E-state index >= 15 is 0 Å². The van der Waals surface area contributed by atoms with Gasteiger partial charge >= 0.3 is 5.97 Å². The first-order valence-electron chi connectivity index (χ1n) is 7.75. The molecular formula is C19H21NO4. The van der Waals surface area contributed by atoms with Gasteiger partial charge in [0, 0.05) is 0 Å². The molecule has 0 saturated heterocycles. The van der Waals surface area contributed by atoms with Gasteiger partial charge in [-0.2, -0.15) is 0 Å². The van der Waals surface area contributed by atoms with E-state index in [0.29, 0.717) is 5.75 Å². The van der Waals surface area contributed by atoms with E-state index in [2.05, 4.69) is 5.32 Å². The maximum atomic E-state index is 12.0. The summed E-state index contributed by atoms with van der Waals surface area (Å²) in [6, 6.07) is 16.8. The molecule has 1 atom stereocenters. The number of carbonyl (C=O) groups excluding carboxylic acids is 2. The minimum absolute atomic E-state index is 0.185. The summed E-state index contributed by atoms with van der Waals surface area (Å²) in [4.78, 5) is 23.6. The van der Waals surface area contributed by atoms with Crippen LogP contribution in [-0.2, 0) is 20.9 Å². The average Bonchev–Trinajstić information content (AvgIpc) is 2.58. The summed E-state index contributed by atoms with van der Waals surface area (Å²) in [5.74, 6) is -0.243. The lowest BCUT2D eigenvalue weighted by molar-refractivity contribution is -0.145. The molecule has 0 aromatic heterocycles. The molecule has 2 rings (SSSR count). The maximum Gasteiger partial charge on any atom is 0.325 e.